The molecule has 4 aromatic heterocycles. The number of rotatable bonds is 2. The van der Waals surface area contributed by atoms with Crippen molar-refractivity contribution in [3.63, 3.8) is 0 Å². The largest absolute Gasteiger partial charge is 0.403 e. The van der Waals surface area contributed by atoms with Crippen molar-refractivity contribution in [1.29, 1.82) is 0 Å². The normalized spacial score (nSPS) is 19.9. The van der Waals surface area contributed by atoms with Crippen molar-refractivity contribution in [2.24, 2.45) is 0 Å². The molecule has 5 heterocycles. The number of aryl methyl sites for hydroxylation is 1. The lowest BCUT2D eigenvalue weighted by molar-refractivity contribution is 0.422. The van der Waals surface area contributed by atoms with Gasteiger partial charge in [-0.15, -0.1) is 0 Å². The van der Waals surface area contributed by atoms with E-state index in [1.807, 2.05) is 54.0 Å². The molecule has 148 valence electrons. The molecule has 0 radical (unpaired) electrons. The summed E-state index contributed by atoms with van der Waals surface area (Å²) in [6.45, 7) is 8.10. The van der Waals surface area contributed by atoms with Gasteiger partial charge in [0, 0.05) is 43.0 Å². The molecule has 0 amide bonds. The standard InChI is InChI=1S/C22H23N5O2/c1-13-6-7-26-12-18(24-20(26)8-13)17-9-16-4-5-19(25-21(16)29-22(17)28)27-11-14(2)23-10-15(27)3/h4-9,12,14-15,23H,10-11H2,1-3H3/t14-,15+/m0/s1. The Balaban J connectivity index is 1.57. The highest BCUT2D eigenvalue weighted by Crippen LogP contribution is 2.24. The molecule has 0 spiro atoms. The molecular formula is C22H23N5O2. The number of anilines is 1. The van der Waals surface area contributed by atoms with Gasteiger partial charge in [0.2, 0.25) is 5.71 Å². The van der Waals surface area contributed by atoms with E-state index in [-0.39, 0.29) is 0 Å². The van der Waals surface area contributed by atoms with E-state index < -0.39 is 5.63 Å². The highest BCUT2D eigenvalue weighted by molar-refractivity contribution is 5.80. The molecule has 7 heteroatoms. The smallest absolute Gasteiger partial charge is 0.347 e. The molecule has 1 aliphatic heterocycles. The molecular weight excluding hydrogens is 366 g/mol. The van der Waals surface area contributed by atoms with Crippen LogP contribution in [0.3, 0.4) is 0 Å². The Morgan fingerprint density at radius 1 is 1.17 bits per heavy atom. The van der Waals surface area contributed by atoms with Crippen LogP contribution in [0.1, 0.15) is 19.4 Å². The zero-order valence-corrected chi connectivity index (χ0v) is 16.7. The molecule has 1 fully saturated rings. The molecule has 29 heavy (non-hydrogen) atoms. The van der Waals surface area contributed by atoms with E-state index in [9.17, 15) is 4.79 Å². The summed E-state index contributed by atoms with van der Waals surface area (Å²) in [6, 6.07) is 10.5. The van der Waals surface area contributed by atoms with Crippen LogP contribution in [0.25, 0.3) is 28.0 Å². The summed E-state index contributed by atoms with van der Waals surface area (Å²) in [5, 5.41) is 4.25. The minimum atomic E-state index is -0.427. The Kier molecular flexibility index (Phi) is 4.13. The maximum absolute atomic E-state index is 12.7. The van der Waals surface area contributed by atoms with Gasteiger partial charge in [0.25, 0.3) is 0 Å². The molecule has 5 rings (SSSR count). The summed E-state index contributed by atoms with van der Waals surface area (Å²) in [5.41, 5.74) is 2.89. The van der Waals surface area contributed by atoms with Crippen LogP contribution in [0.5, 0.6) is 0 Å². The first-order valence-electron chi connectivity index (χ1n) is 9.88. The summed E-state index contributed by atoms with van der Waals surface area (Å²) in [5.74, 6) is 0.831. The van der Waals surface area contributed by atoms with Crippen LogP contribution in [0.4, 0.5) is 5.82 Å². The average molecular weight is 389 g/mol. The Bertz CT molecular complexity index is 1280. The molecule has 7 nitrogen and oxygen atoms in total. The highest BCUT2D eigenvalue weighted by Gasteiger charge is 2.24. The van der Waals surface area contributed by atoms with Crippen LogP contribution >= 0.6 is 0 Å². The van der Waals surface area contributed by atoms with Gasteiger partial charge >= 0.3 is 5.63 Å². The summed E-state index contributed by atoms with van der Waals surface area (Å²) in [6.07, 6.45) is 3.78. The lowest BCUT2D eigenvalue weighted by atomic mass is 10.1. The second-order valence-electron chi connectivity index (χ2n) is 7.92. The van der Waals surface area contributed by atoms with Crippen LogP contribution in [-0.2, 0) is 0 Å². The van der Waals surface area contributed by atoms with Crippen LogP contribution in [-0.4, -0.2) is 39.5 Å². The summed E-state index contributed by atoms with van der Waals surface area (Å²) >= 11 is 0. The third kappa shape index (κ3) is 3.17. The first kappa shape index (κ1) is 17.9. The molecule has 1 aliphatic rings. The Morgan fingerprint density at radius 3 is 2.90 bits per heavy atom. The SMILES string of the molecule is Cc1ccn2cc(-c3cc4ccc(N5C[C@H](C)NC[C@H]5C)nc4oc3=O)nc2c1. The number of nitrogens with zero attached hydrogens (tertiary/aromatic N) is 4. The molecule has 0 saturated carbocycles. The molecule has 1 saturated heterocycles. The molecule has 0 aliphatic carbocycles. The van der Waals surface area contributed by atoms with Gasteiger partial charge in [0.15, 0.2) is 0 Å². The van der Waals surface area contributed by atoms with E-state index >= 15 is 0 Å². The van der Waals surface area contributed by atoms with Gasteiger partial charge in [-0.2, -0.15) is 4.98 Å². The van der Waals surface area contributed by atoms with Crippen molar-refractivity contribution in [2.75, 3.05) is 18.0 Å². The number of aromatic nitrogens is 3. The molecule has 2 atom stereocenters. The fourth-order valence-electron chi connectivity index (χ4n) is 3.88. The number of piperazine rings is 1. The fourth-order valence-corrected chi connectivity index (χ4v) is 3.88. The van der Waals surface area contributed by atoms with Crippen molar-refractivity contribution in [3.05, 3.63) is 58.7 Å². The lowest BCUT2D eigenvalue weighted by Crippen LogP contribution is -2.54. The quantitative estimate of drug-likeness (QED) is 0.568. The molecule has 0 unspecified atom stereocenters. The second-order valence-corrected chi connectivity index (χ2v) is 7.92. The van der Waals surface area contributed by atoms with Gasteiger partial charge in [-0.3, -0.25) is 0 Å². The zero-order valence-electron chi connectivity index (χ0n) is 16.7. The predicted molar refractivity (Wildman–Crippen MR) is 113 cm³/mol. The van der Waals surface area contributed by atoms with E-state index in [1.54, 1.807) is 0 Å². The Morgan fingerprint density at radius 2 is 2.03 bits per heavy atom. The van der Waals surface area contributed by atoms with Crippen molar-refractivity contribution in [1.82, 2.24) is 19.7 Å². The number of imidazole rings is 1. The van der Waals surface area contributed by atoms with Crippen molar-refractivity contribution < 1.29 is 4.42 Å². The zero-order chi connectivity index (χ0) is 20.1. The average Bonchev–Trinajstić information content (AvgIpc) is 3.11. The van der Waals surface area contributed by atoms with Gasteiger partial charge in [0.1, 0.15) is 11.5 Å². The number of hydrogen-bond donors (Lipinski definition) is 1. The van der Waals surface area contributed by atoms with Gasteiger partial charge in [-0.1, -0.05) is 0 Å². The third-order valence-electron chi connectivity index (χ3n) is 5.53. The topological polar surface area (TPSA) is 75.7 Å². The number of nitrogens with one attached hydrogen (secondary N) is 1. The van der Waals surface area contributed by atoms with Crippen LogP contribution < -0.4 is 15.8 Å². The fraction of sp³-hybridized carbons (Fsp3) is 0.318. The number of fused-ring (bicyclic) bond motifs is 2. The molecule has 0 bridgehead atoms. The maximum atomic E-state index is 12.7. The van der Waals surface area contributed by atoms with Gasteiger partial charge in [0.05, 0.1) is 11.3 Å². The number of pyridine rings is 2. The van der Waals surface area contributed by atoms with Crippen LogP contribution in [0.15, 0.2) is 51.9 Å². The Labute approximate surface area is 168 Å². The van der Waals surface area contributed by atoms with E-state index in [4.69, 9.17) is 4.42 Å². The minimum Gasteiger partial charge on any atom is -0.403 e. The molecule has 1 N–H and O–H groups in total. The van der Waals surface area contributed by atoms with Gasteiger partial charge in [-0.05, 0) is 56.7 Å². The first-order chi connectivity index (χ1) is 14.0. The van der Waals surface area contributed by atoms with Crippen molar-refractivity contribution in [2.45, 2.75) is 32.9 Å². The predicted octanol–water partition coefficient (Wildman–Crippen LogP) is 3.00. The first-order valence-corrected chi connectivity index (χ1v) is 9.88. The van der Waals surface area contributed by atoms with Crippen molar-refractivity contribution in [3.8, 4) is 11.3 Å². The van der Waals surface area contributed by atoms with Gasteiger partial charge < -0.3 is 19.0 Å². The number of hydrogen-bond acceptors (Lipinski definition) is 6. The Hall–Kier alpha value is -3.19. The van der Waals surface area contributed by atoms with E-state index in [0.717, 1.165) is 35.5 Å². The molecule has 4 aromatic rings. The van der Waals surface area contributed by atoms with Crippen molar-refractivity contribution >= 4 is 22.6 Å². The minimum absolute atomic E-state index is 0.323. The monoisotopic (exact) mass is 389 g/mol. The van der Waals surface area contributed by atoms with E-state index in [1.165, 1.54) is 0 Å². The molecule has 0 aromatic carbocycles. The second kappa shape index (κ2) is 6.70. The van der Waals surface area contributed by atoms with Crippen LogP contribution in [0.2, 0.25) is 0 Å². The van der Waals surface area contributed by atoms with E-state index in [0.29, 0.717) is 29.1 Å². The van der Waals surface area contributed by atoms with E-state index in [2.05, 4.69) is 34.0 Å². The van der Waals surface area contributed by atoms with Gasteiger partial charge in [-0.25, -0.2) is 9.78 Å². The summed E-state index contributed by atoms with van der Waals surface area (Å²) in [7, 11) is 0. The highest BCUT2D eigenvalue weighted by atomic mass is 16.4. The third-order valence-corrected chi connectivity index (χ3v) is 5.53. The summed E-state index contributed by atoms with van der Waals surface area (Å²) < 4.78 is 7.51. The van der Waals surface area contributed by atoms with Crippen LogP contribution in [0, 0.1) is 6.92 Å². The summed E-state index contributed by atoms with van der Waals surface area (Å²) in [4.78, 5) is 24.2. The maximum Gasteiger partial charge on any atom is 0.347 e. The lowest BCUT2D eigenvalue weighted by Gasteiger charge is -2.38.